The smallest absolute Gasteiger partial charge is 0.411 e. The van der Waals surface area contributed by atoms with Gasteiger partial charge in [-0.05, 0) is 6.07 Å². The minimum absolute atomic E-state index is 0.00842. The van der Waals surface area contributed by atoms with Crippen LogP contribution in [-0.4, -0.2) is 32.0 Å². The van der Waals surface area contributed by atoms with Gasteiger partial charge in [-0.3, -0.25) is 0 Å². The highest BCUT2D eigenvalue weighted by molar-refractivity contribution is 6.32. The maximum Gasteiger partial charge on any atom is 0.411 e. The Hall–Kier alpha value is -0.980. The van der Waals surface area contributed by atoms with Crippen LogP contribution in [0.3, 0.4) is 0 Å². The number of alkyl halides is 3. The van der Waals surface area contributed by atoms with Crippen molar-refractivity contribution >= 4 is 11.6 Å². The van der Waals surface area contributed by atoms with E-state index < -0.39 is 12.8 Å². The summed E-state index contributed by atoms with van der Waals surface area (Å²) in [7, 11) is 0. The van der Waals surface area contributed by atoms with E-state index in [0.29, 0.717) is 23.4 Å². The quantitative estimate of drug-likeness (QED) is 0.738. The number of benzene rings is 1. The molecule has 3 nitrogen and oxygen atoms in total. The molecular weight excluding hydrogens is 307 g/mol. The highest BCUT2D eigenvalue weighted by Crippen LogP contribution is 2.28. The second-order valence-electron chi connectivity index (χ2n) is 4.78. The van der Waals surface area contributed by atoms with Gasteiger partial charge in [-0.15, -0.1) is 0 Å². The van der Waals surface area contributed by atoms with Crippen LogP contribution in [0.15, 0.2) is 18.2 Å². The molecule has 0 aromatic heterocycles. The third kappa shape index (κ3) is 7.55. The molecule has 0 aliphatic rings. The summed E-state index contributed by atoms with van der Waals surface area (Å²) in [5, 5.41) is 3.66. The van der Waals surface area contributed by atoms with E-state index in [1.165, 1.54) is 0 Å². The van der Waals surface area contributed by atoms with Gasteiger partial charge < -0.3 is 14.8 Å². The summed E-state index contributed by atoms with van der Waals surface area (Å²) >= 11 is 6.06. The van der Waals surface area contributed by atoms with E-state index in [4.69, 9.17) is 16.3 Å². The molecule has 1 rings (SSSR count). The van der Waals surface area contributed by atoms with Crippen molar-refractivity contribution in [1.82, 2.24) is 5.32 Å². The van der Waals surface area contributed by atoms with Gasteiger partial charge in [-0.25, -0.2) is 0 Å². The van der Waals surface area contributed by atoms with E-state index in [0.717, 1.165) is 5.56 Å². The van der Waals surface area contributed by atoms with Crippen LogP contribution >= 0.6 is 11.6 Å². The van der Waals surface area contributed by atoms with Crippen LogP contribution < -0.4 is 10.1 Å². The van der Waals surface area contributed by atoms with Gasteiger partial charge in [0.2, 0.25) is 0 Å². The first-order valence-electron chi connectivity index (χ1n) is 6.57. The summed E-state index contributed by atoms with van der Waals surface area (Å²) in [4.78, 5) is 0. The molecule has 21 heavy (non-hydrogen) atoms. The molecule has 0 atom stereocenters. The Balaban J connectivity index is 2.49. The van der Waals surface area contributed by atoms with Crippen LogP contribution in [0.25, 0.3) is 0 Å². The Labute approximate surface area is 127 Å². The number of nitrogens with one attached hydrogen (secondary N) is 1. The van der Waals surface area contributed by atoms with Gasteiger partial charge in [0, 0.05) is 18.2 Å². The second-order valence-corrected chi connectivity index (χ2v) is 5.19. The van der Waals surface area contributed by atoms with E-state index in [-0.39, 0.29) is 13.2 Å². The Kier molecular flexibility index (Phi) is 7.28. The third-order valence-electron chi connectivity index (χ3n) is 2.49. The van der Waals surface area contributed by atoms with Crippen molar-refractivity contribution in [2.24, 2.45) is 0 Å². The van der Waals surface area contributed by atoms with Crippen molar-refractivity contribution in [3.05, 3.63) is 28.8 Å². The molecule has 0 amide bonds. The summed E-state index contributed by atoms with van der Waals surface area (Å²) in [6.07, 6.45) is -4.32. The van der Waals surface area contributed by atoms with Crippen molar-refractivity contribution in [1.29, 1.82) is 0 Å². The SMILES string of the molecule is CC(C)NCc1cccc(Cl)c1OCCOCC(F)(F)F. The molecule has 1 N–H and O–H groups in total. The Morgan fingerprint density at radius 3 is 2.57 bits per heavy atom. The first-order valence-corrected chi connectivity index (χ1v) is 6.95. The van der Waals surface area contributed by atoms with Crippen LogP contribution in [-0.2, 0) is 11.3 Å². The number of para-hydroxylation sites is 1. The maximum absolute atomic E-state index is 11.9. The van der Waals surface area contributed by atoms with Crippen LogP contribution in [0.4, 0.5) is 13.2 Å². The molecule has 0 saturated heterocycles. The van der Waals surface area contributed by atoms with Crippen LogP contribution in [0.1, 0.15) is 19.4 Å². The van der Waals surface area contributed by atoms with E-state index >= 15 is 0 Å². The fourth-order valence-corrected chi connectivity index (χ4v) is 1.81. The molecule has 0 unspecified atom stereocenters. The molecule has 0 bridgehead atoms. The summed E-state index contributed by atoms with van der Waals surface area (Å²) in [6, 6.07) is 5.62. The summed E-state index contributed by atoms with van der Waals surface area (Å²) in [6.45, 7) is 3.17. The molecule has 7 heteroatoms. The highest BCUT2D eigenvalue weighted by atomic mass is 35.5. The van der Waals surface area contributed by atoms with E-state index in [9.17, 15) is 13.2 Å². The van der Waals surface area contributed by atoms with Crippen molar-refractivity contribution in [2.75, 3.05) is 19.8 Å². The molecule has 0 spiro atoms. The molecule has 0 aliphatic heterocycles. The van der Waals surface area contributed by atoms with Gasteiger partial charge in [0.1, 0.15) is 19.0 Å². The molecule has 0 radical (unpaired) electrons. The average Bonchev–Trinajstić information content (AvgIpc) is 2.36. The third-order valence-corrected chi connectivity index (χ3v) is 2.79. The fraction of sp³-hybridized carbons (Fsp3) is 0.571. The van der Waals surface area contributed by atoms with Gasteiger partial charge in [0.15, 0.2) is 0 Å². The Morgan fingerprint density at radius 2 is 1.95 bits per heavy atom. The van der Waals surface area contributed by atoms with Crippen LogP contribution in [0.2, 0.25) is 5.02 Å². The zero-order valence-corrected chi connectivity index (χ0v) is 12.7. The monoisotopic (exact) mass is 325 g/mol. The number of hydrogen-bond acceptors (Lipinski definition) is 3. The molecule has 1 aromatic carbocycles. The van der Waals surface area contributed by atoms with Crippen molar-refractivity contribution in [3.63, 3.8) is 0 Å². The molecule has 120 valence electrons. The van der Waals surface area contributed by atoms with Gasteiger partial charge >= 0.3 is 6.18 Å². The van der Waals surface area contributed by atoms with E-state index in [2.05, 4.69) is 10.1 Å². The number of ether oxygens (including phenoxy) is 2. The average molecular weight is 326 g/mol. The van der Waals surface area contributed by atoms with Gasteiger partial charge in [0.05, 0.1) is 11.6 Å². The summed E-state index contributed by atoms with van der Waals surface area (Å²) < 4.78 is 45.7. The summed E-state index contributed by atoms with van der Waals surface area (Å²) in [5.74, 6) is 0.475. The van der Waals surface area contributed by atoms with Crippen LogP contribution in [0.5, 0.6) is 5.75 Å². The summed E-state index contributed by atoms with van der Waals surface area (Å²) in [5.41, 5.74) is 0.854. The lowest BCUT2D eigenvalue weighted by Gasteiger charge is -2.15. The lowest BCUT2D eigenvalue weighted by molar-refractivity contribution is -0.175. The molecule has 0 heterocycles. The molecule has 0 saturated carbocycles. The molecule has 0 aliphatic carbocycles. The normalized spacial score (nSPS) is 12.0. The second kappa shape index (κ2) is 8.46. The maximum atomic E-state index is 11.9. The van der Waals surface area contributed by atoms with Gasteiger partial charge in [0.25, 0.3) is 0 Å². The van der Waals surface area contributed by atoms with Gasteiger partial charge in [-0.1, -0.05) is 37.6 Å². The van der Waals surface area contributed by atoms with E-state index in [1.807, 2.05) is 19.9 Å². The zero-order valence-electron chi connectivity index (χ0n) is 12.0. The first kappa shape index (κ1) is 18.1. The minimum atomic E-state index is -4.32. The van der Waals surface area contributed by atoms with Gasteiger partial charge in [-0.2, -0.15) is 13.2 Å². The topological polar surface area (TPSA) is 30.5 Å². The number of hydrogen-bond donors (Lipinski definition) is 1. The zero-order chi connectivity index (χ0) is 15.9. The predicted molar refractivity (Wildman–Crippen MR) is 75.8 cm³/mol. The Bertz CT molecular complexity index is 439. The van der Waals surface area contributed by atoms with E-state index in [1.54, 1.807) is 12.1 Å². The predicted octanol–water partition coefficient (Wildman–Crippen LogP) is 3.80. The number of halogens is 4. The van der Waals surface area contributed by atoms with Crippen molar-refractivity contribution in [3.8, 4) is 5.75 Å². The van der Waals surface area contributed by atoms with Crippen molar-refractivity contribution < 1.29 is 22.6 Å². The molecule has 1 aromatic rings. The molecular formula is C14H19ClF3NO2. The van der Waals surface area contributed by atoms with Crippen LogP contribution in [0, 0.1) is 0 Å². The minimum Gasteiger partial charge on any atom is -0.489 e. The first-order chi connectivity index (χ1) is 9.79. The molecule has 0 fully saturated rings. The number of rotatable bonds is 8. The largest absolute Gasteiger partial charge is 0.489 e. The lowest BCUT2D eigenvalue weighted by Crippen LogP contribution is -2.22. The lowest BCUT2D eigenvalue weighted by atomic mass is 10.2. The van der Waals surface area contributed by atoms with Crippen molar-refractivity contribution in [2.45, 2.75) is 32.6 Å². The highest BCUT2D eigenvalue weighted by Gasteiger charge is 2.27. The Morgan fingerprint density at radius 1 is 1.24 bits per heavy atom. The fourth-order valence-electron chi connectivity index (χ4n) is 1.56. The standard InChI is InChI=1S/C14H19ClF3NO2/c1-10(2)19-8-11-4-3-5-12(15)13(11)21-7-6-20-9-14(16,17)18/h3-5,10,19H,6-9H2,1-2H3.